The van der Waals surface area contributed by atoms with Crippen molar-refractivity contribution in [3.63, 3.8) is 0 Å². The molecule has 24 heavy (non-hydrogen) atoms. The van der Waals surface area contributed by atoms with Crippen molar-refractivity contribution in [3.05, 3.63) is 56.7 Å². The maximum Gasteiger partial charge on any atom is 0.285 e. The van der Waals surface area contributed by atoms with E-state index in [1.165, 1.54) is 9.08 Å². The minimum Gasteiger partial charge on any atom is -0.281 e. The molecule has 3 aromatic heterocycles. The fraction of sp³-hybridized carbons (Fsp3) is 0.133. The predicted octanol–water partition coefficient (Wildman–Crippen LogP) is 2.69. The zero-order valence-corrected chi connectivity index (χ0v) is 14.0. The summed E-state index contributed by atoms with van der Waals surface area (Å²) in [5.41, 5.74) is 0.825. The number of benzene rings is 1. The topological polar surface area (TPSA) is 78.0 Å². The standard InChI is InChI=1S/C15H10Cl2N6O/c1-2-12-18-15-20-19-13-10(23(15)21-12)5-6-22(14(13)24)11-7-8(16)3-4-9(11)17/h3-7H,2H2,1H3. The first-order valence-corrected chi connectivity index (χ1v) is 7.93. The minimum atomic E-state index is -0.361. The molecule has 0 unspecified atom stereocenters. The third-order valence-corrected chi connectivity index (χ3v) is 4.19. The summed E-state index contributed by atoms with van der Waals surface area (Å²) in [7, 11) is 0. The van der Waals surface area contributed by atoms with Gasteiger partial charge < -0.3 is 0 Å². The summed E-state index contributed by atoms with van der Waals surface area (Å²) in [4.78, 5) is 17.1. The molecule has 0 amide bonds. The zero-order chi connectivity index (χ0) is 16.8. The largest absolute Gasteiger partial charge is 0.285 e. The number of nitrogens with zero attached hydrogens (tertiary/aromatic N) is 6. The van der Waals surface area contributed by atoms with Crippen LogP contribution in [0.1, 0.15) is 12.7 Å². The van der Waals surface area contributed by atoms with Gasteiger partial charge in [-0.2, -0.15) is 9.50 Å². The lowest BCUT2D eigenvalue weighted by molar-refractivity contribution is 0.883. The molecule has 0 radical (unpaired) electrons. The molecule has 0 atom stereocenters. The summed E-state index contributed by atoms with van der Waals surface area (Å²) in [6.07, 6.45) is 2.27. The number of halogens is 2. The normalized spacial score (nSPS) is 11.5. The maximum absolute atomic E-state index is 12.8. The van der Waals surface area contributed by atoms with Crippen LogP contribution in [-0.4, -0.2) is 29.4 Å². The highest BCUT2D eigenvalue weighted by Gasteiger charge is 2.14. The summed E-state index contributed by atoms with van der Waals surface area (Å²) < 4.78 is 2.90. The Morgan fingerprint density at radius 2 is 2.00 bits per heavy atom. The van der Waals surface area contributed by atoms with Crippen LogP contribution in [0.5, 0.6) is 0 Å². The van der Waals surface area contributed by atoms with Gasteiger partial charge in [-0.15, -0.1) is 15.3 Å². The van der Waals surface area contributed by atoms with Crippen LogP contribution < -0.4 is 5.56 Å². The van der Waals surface area contributed by atoms with E-state index in [2.05, 4.69) is 20.3 Å². The second kappa shape index (κ2) is 5.54. The van der Waals surface area contributed by atoms with Crippen molar-refractivity contribution in [1.29, 1.82) is 0 Å². The molecule has 0 aliphatic carbocycles. The van der Waals surface area contributed by atoms with Crippen molar-refractivity contribution >= 4 is 40.0 Å². The van der Waals surface area contributed by atoms with Crippen LogP contribution in [0.3, 0.4) is 0 Å². The number of pyridine rings is 1. The highest BCUT2D eigenvalue weighted by atomic mass is 35.5. The SMILES string of the molecule is CCc1nc2nnc3c(=O)n(-c4cc(Cl)ccc4Cl)ccc3n2n1. The van der Waals surface area contributed by atoms with E-state index in [1.54, 1.807) is 30.5 Å². The molecule has 3 heterocycles. The first-order chi connectivity index (χ1) is 11.6. The van der Waals surface area contributed by atoms with Gasteiger partial charge in [0.05, 0.1) is 10.7 Å². The van der Waals surface area contributed by atoms with Gasteiger partial charge >= 0.3 is 0 Å². The fourth-order valence-corrected chi connectivity index (χ4v) is 2.83. The molecule has 0 fully saturated rings. The summed E-state index contributed by atoms with van der Waals surface area (Å²) in [6.45, 7) is 1.94. The van der Waals surface area contributed by atoms with Crippen LogP contribution in [0.25, 0.3) is 22.5 Å². The number of rotatable bonds is 2. The van der Waals surface area contributed by atoms with E-state index in [-0.39, 0.29) is 11.1 Å². The van der Waals surface area contributed by atoms with E-state index in [9.17, 15) is 4.79 Å². The molecular formula is C15H10Cl2N6O. The van der Waals surface area contributed by atoms with Gasteiger partial charge in [0.2, 0.25) is 0 Å². The molecule has 120 valence electrons. The number of hydrogen-bond acceptors (Lipinski definition) is 5. The molecule has 0 bridgehead atoms. The lowest BCUT2D eigenvalue weighted by Crippen LogP contribution is -2.20. The van der Waals surface area contributed by atoms with Crippen molar-refractivity contribution in [1.82, 2.24) is 29.4 Å². The fourth-order valence-electron chi connectivity index (χ4n) is 2.46. The first-order valence-electron chi connectivity index (χ1n) is 7.17. The van der Waals surface area contributed by atoms with Crippen LogP contribution >= 0.6 is 23.2 Å². The van der Waals surface area contributed by atoms with E-state index in [1.807, 2.05) is 6.92 Å². The number of fused-ring (bicyclic) bond motifs is 3. The molecule has 0 aliphatic heterocycles. The van der Waals surface area contributed by atoms with Crippen LogP contribution in [-0.2, 0) is 6.42 Å². The molecule has 0 saturated heterocycles. The highest BCUT2D eigenvalue weighted by molar-refractivity contribution is 6.34. The average Bonchev–Trinajstić information content (AvgIpc) is 3.01. The van der Waals surface area contributed by atoms with Gasteiger partial charge in [-0.3, -0.25) is 9.36 Å². The lowest BCUT2D eigenvalue weighted by atomic mass is 10.3. The Morgan fingerprint density at radius 3 is 2.79 bits per heavy atom. The first kappa shape index (κ1) is 15.0. The Hall–Kier alpha value is -2.51. The molecular weight excluding hydrogens is 351 g/mol. The Morgan fingerprint density at radius 1 is 1.17 bits per heavy atom. The molecule has 1 aromatic carbocycles. The summed E-state index contributed by atoms with van der Waals surface area (Å²) in [5, 5.41) is 13.2. The maximum atomic E-state index is 12.8. The Bertz CT molecular complexity index is 1150. The third-order valence-electron chi connectivity index (χ3n) is 3.63. The molecule has 0 N–H and O–H groups in total. The smallest absolute Gasteiger partial charge is 0.281 e. The van der Waals surface area contributed by atoms with E-state index >= 15 is 0 Å². The van der Waals surface area contributed by atoms with Gasteiger partial charge in [0.25, 0.3) is 11.3 Å². The van der Waals surface area contributed by atoms with Crippen molar-refractivity contribution in [2.75, 3.05) is 0 Å². The highest BCUT2D eigenvalue weighted by Crippen LogP contribution is 2.23. The molecule has 0 spiro atoms. The second-order valence-electron chi connectivity index (χ2n) is 5.11. The van der Waals surface area contributed by atoms with E-state index in [4.69, 9.17) is 23.2 Å². The quantitative estimate of drug-likeness (QED) is 0.549. The average molecular weight is 361 g/mol. The monoisotopic (exact) mass is 360 g/mol. The number of aromatic nitrogens is 6. The Kier molecular flexibility index (Phi) is 3.47. The van der Waals surface area contributed by atoms with Crippen LogP contribution in [0, 0.1) is 0 Å². The Labute approximate surface area is 145 Å². The van der Waals surface area contributed by atoms with Crippen LogP contribution in [0.15, 0.2) is 35.3 Å². The van der Waals surface area contributed by atoms with Crippen LogP contribution in [0.4, 0.5) is 0 Å². The Balaban J connectivity index is 2.03. The van der Waals surface area contributed by atoms with E-state index in [0.29, 0.717) is 39.3 Å². The minimum absolute atomic E-state index is 0.175. The molecule has 9 heteroatoms. The van der Waals surface area contributed by atoms with Crippen molar-refractivity contribution in [2.24, 2.45) is 0 Å². The number of hydrogen-bond donors (Lipinski definition) is 0. The van der Waals surface area contributed by atoms with Gasteiger partial charge in [0, 0.05) is 17.6 Å². The van der Waals surface area contributed by atoms with Gasteiger partial charge in [0.1, 0.15) is 5.52 Å². The van der Waals surface area contributed by atoms with Crippen LogP contribution in [0.2, 0.25) is 10.0 Å². The summed E-state index contributed by atoms with van der Waals surface area (Å²) in [6, 6.07) is 6.64. The molecule has 7 nitrogen and oxygen atoms in total. The summed E-state index contributed by atoms with van der Waals surface area (Å²) in [5.74, 6) is 0.996. The van der Waals surface area contributed by atoms with Crippen molar-refractivity contribution in [2.45, 2.75) is 13.3 Å². The van der Waals surface area contributed by atoms with Crippen molar-refractivity contribution in [3.8, 4) is 5.69 Å². The molecule has 4 rings (SSSR count). The van der Waals surface area contributed by atoms with Gasteiger partial charge in [-0.1, -0.05) is 30.1 Å². The molecule has 4 aromatic rings. The lowest BCUT2D eigenvalue weighted by Gasteiger charge is -2.09. The zero-order valence-electron chi connectivity index (χ0n) is 12.4. The van der Waals surface area contributed by atoms with Gasteiger partial charge in [-0.25, -0.2) is 0 Å². The van der Waals surface area contributed by atoms with E-state index < -0.39 is 0 Å². The van der Waals surface area contributed by atoms with E-state index in [0.717, 1.165) is 0 Å². The number of aryl methyl sites for hydroxylation is 1. The second-order valence-corrected chi connectivity index (χ2v) is 5.96. The molecule has 0 saturated carbocycles. The predicted molar refractivity (Wildman–Crippen MR) is 91.1 cm³/mol. The summed E-state index contributed by atoms with van der Waals surface area (Å²) >= 11 is 12.2. The van der Waals surface area contributed by atoms with Gasteiger partial charge in [0.15, 0.2) is 11.3 Å². The van der Waals surface area contributed by atoms with Gasteiger partial charge in [-0.05, 0) is 24.3 Å². The third kappa shape index (κ3) is 2.24. The molecule has 0 aliphatic rings. The van der Waals surface area contributed by atoms with Crippen molar-refractivity contribution < 1.29 is 0 Å².